The molecule has 2 aromatic carbocycles. The summed E-state index contributed by atoms with van der Waals surface area (Å²) in [6.45, 7) is 6.60. The number of aromatic nitrogens is 2. The van der Waals surface area contributed by atoms with Gasteiger partial charge in [-0.1, -0.05) is 18.2 Å². The Balaban J connectivity index is 1.46. The van der Waals surface area contributed by atoms with Crippen LogP contribution in [0.5, 0.6) is 5.75 Å². The predicted molar refractivity (Wildman–Crippen MR) is 121 cm³/mol. The first-order valence-corrected chi connectivity index (χ1v) is 11.0. The maximum atomic E-state index is 12.7. The van der Waals surface area contributed by atoms with Crippen LogP contribution in [0.25, 0.3) is 22.3 Å². The molecule has 2 aliphatic rings. The number of para-hydroxylation sites is 1. The number of benzene rings is 2. The van der Waals surface area contributed by atoms with Gasteiger partial charge in [0.1, 0.15) is 11.6 Å². The normalized spacial score (nSPS) is 16.9. The molecule has 0 radical (unpaired) electrons. The quantitative estimate of drug-likeness (QED) is 0.689. The van der Waals surface area contributed by atoms with Crippen LogP contribution < -0.4 is 4.90 Å². The van der Waals surface area contributed by atoms with Crippen molar-refractivity contribution in [3.8, 4) is 17.1 Å². The van der Waals surface area contributed by atoms with Gasteiger partial charge in [-0.2, -0.15) is 0 Å². The highest BCUT2D eigenvalue weighted by atomic mass is 16.3. The number of hydrogen-bond donors (Lipinski definition) is 1. The zero-order valence-electron chi connectivity index (χ0n) is 17.8. The van der Waals surface area contributed by atoms with E-state index in [4.69, 9.17) is 9.97 Å². The average Bonchev–Trinajstić information content (AvgIpc) is 3.33. The molecule has 31 heavy (non-hydrogen) atoms. The summed E-state index contributed by atoms with van der Waals surface area (Å²) < 4.78 is 0. The van der Waals surface area contributed by atoms with E-state index in [0.717, 1.165) is 61.3 Å². The molecule has 5 rings (SSSR count). The Morgan fingerprint density at radius 2 is 1.61 bits per heavy atom. The van der Waals surface area contributed by atoms with Crippen molar-refractivity contribution in [1.29, 1.82) is 0 Å². The molecule has 0 spiro atoms. The third-order valence-electron chi connectivity index (χ3n) is 6.20. The molecular formula is C24H27N5O2. The summed E-state index contributed by atoms with van der Waals surface area (Å²) in [7, 11) is 0. The van der Waals surface area contributed by atoms with Gasteiger partial charge in [0.25, 0.3) is 0 Å². The minimum absolute atomic E-state index is 0.162. The molecule has 0 bridgehead atoms. The molecule has 0 atom stereocenters. The van der Waals surface area contributed by atoms with Crippen LogP contribution in [0.15, 0.2) is 42.5 Å². The fraction of sp³-hybridized carbons (Fsp3) is 0.375. The van der Waals surface area contributed by atoms with Gasteiger partial charge >= 0.3 is 6.03 Å². The molecule has 2 amide bonds. The van der Waals surface area contributed by atoms with Gasteiger partial charge in [0.15, 0.2) is 5.82 Å². The van der Waals surface area contributed by atoms with Crippen LogP contribution >= 0.6 is 0 Å². The number of carbonyl (C=O) groups is 1. The number of carbonyl (C=O) groups excluding carboxylic acids is 1. The molecule has 3 heterocycles. The zero-order valence-corrected chi connectivity index (χ0v) is 17.8. The maximum Gasteiger partial charge on any atom is 0.320 e. The lowest BCUT2D eigenvalue weighted by Gasteiger charge is -2.37. The number of nitrogens with zero attached hydrogens (tertiary/aromatic N) is 5. The first kappa shape index (κ1) is 19.6. The molecule has 3 aromatic rings. The highest BCUT2D eigenvalue weighted by Gasteiger charge is 2.28. The highest BCUT2D eigenvalue weighted by molar-refractivity contribution is 5.92. The van der Waals surface area contributed by atoms with Gasteiger partial charge in [0.2, 0.25) is 0 Å². The van der Waals surface area contributed by atoms with Gasteiger partial charge < -0.3 is 19.8 Å². The third kappa shape index (κ3) is 3.76. The Morgan fingerprint density at radius 3 is 2.35 bits per heavy atom. The van der Waals surface area contributed by atoms with Crippen LogP contribution in [0.4, 0.5) is 10.6 Å². The topological polar surface area (TPSA) is 72.8 Å². The van der Waals surface area contributed by atoms with Crippen molar-refractivity contribution in [2.24, 2.45) is 0 Å². The largest absolute Gasteiger partial charge is 0.507 e. The second-order valence-electron chi connectivity index (χ2n) is 8.36. The molecule has 0 unspecified atom stereocenters. The van der Waals surface area contributed by atoms with Crippen molar-refractivity contribution in [2.75, 3.05) is 44.2 Å². The molecule has 0 saturated carbocycles. The molecule has 2 saturated heterocycles. The monoisotopic (exact) mass is 417 g/mol. The van der Waals surface area contributed by atoms with Crippen LogP contribution in [-0.4, -0.2) is 70.2 Å². The highest BCUT2D eigenvalue weighted by Crippen LogP contribution is 2.32. The van der Waals surface area contributed by atoms with Crippen LogP contribution in [-0.2, 0) is 0 Å². The van der Waals surface area contributed by atoms with Crippen molar-refractivity contribution < 1.29 is 9.90 Å². The van der Waals surface area contributed by atoms with E-state index in [2.05, 4.69) is 23.1 Å². The maximum absolute atomic E-state index is 12.7. The van der Waals surface area contributed by atoms with Crippen molar-refractivity contribution in [1.82, 2.24) is 19.8 Å². The first-order chi connectivity index (χ1) is 15.1. The molecule has 0 aliphatic carbocycles. The number of aryl methyl sites for hydroxylation is 1. The number of phenolic OH excluding ortho intramolecular Hbond substituents is 1. The van der Waals surface area contributed by atoms with Crippen LogP contribution in [0.1, 0.15) is 18.4 Å². The van der Waals surface area contributed by atoms with Gasteiger partial charge in [-0.05, 0) is 49.6 Å². The SMILES string of the molecule is Cc1ccc2c(N3CCN(C(=O)N4CCCC4)CC3)nc(-c3ccccc3O)nc2c1. The van der Waals surface area contributed by atoms with Crippen molar-refractivity contribution in [3.63, 3.8) is 0 Å². The Morgan fingerprint density at radius 1 is 0.903 bits per heavy atom. The molecule has 1 aromatic heterocycles. The standard InChI is InChI=1S/C24H27N5O2/c1-17-8-9-18-20(16-17)25-22(19-6-2-3-7-21(19)30)26-23(18)27-12-14-29(15-13-27)24(31)28-10-4-5-11-28/h2-3,6-9,16,30H,4-5,10-15H2,1H3. The lowest BCUT2D eigenvalue weighted by atomic mass is 10.1. The van der Waals surface area contributed by atoms with Crippen molar-refractivity contribution >= 4 is 22.8 Å². The first-order valence-electron chi connectivity index (χ1n) is 11.0. The Bertz CT molecular complexity index is 1120. The average molecular weight is 418 g/mol. The second kappa shape index (κ2) is 8.06. The summed E-state index contributed by atoms with van der Waals surface area (Å²) >= 11 is 0. The molecule has 160 valence electrons. The lowest BCUT2D eigenvalue weighted by molar-refractivity contribution is 0.159. The Labute approximate surface area is 181 Å². The van der Waals surface area contributed by atoms with E-state index in [1.54, 1.807) is 12.1 Å². The summed E-state index contributed by atoms with van der Waals surface area (Å²) in [6.07, 6.45) is 2.21. The number of rotatable bonds is 2. The summed E-state index contributed by atoms with van der Waals surface area (Å²) in [5.41, 5.74) is 2.61. The number of likely N-dealkylation sites (tertiary alicyclic amines) is 1. The number of piperazine rings is 1. The molecule has 7 nitrogen and oxygen atoms in total. The van der Waals surface area contributed by atoms with Gasteiger partial charge in [0.05, 0.1) is 11.1 Å². The number of hydrogen-bond acceptors (Lipinski definition) is 5. The number of urea groups is 1. The number of phenols is 1. The number of aromatic hydroxyl groups is 1. The van der Waals surface area contributed by atoms with Crippen molar-refractivity contribution in [3.05, 3.63) is 48.0 Å². The number of fused-ring (bicyclic) bond motifs is 1. The summed E-state index contributed by atoms with van der Waals surface area (Å²) in [5, 5.41) is 11.3. The summed E-state index contributed by atoms with van der Waals surface area (Å²) in [4.78, 5) is 28.5. The number of anilines is 1. The van der Waals surface area contributed by atoms with E-state index < -0.39 is 0 Å². The second-order valence-corrected chi connectivity index (χ2v) is 8.36. The van der Waals surface area contributed by atoms with Crippen LogP contribution in [0.2, 0.25) is 0 Å². The number of amides is 2. The predicted octanol–water partition coefficient (Wildman–Crippen LogP) is 3.65. The smallest absolute Gasteiger partial charge is 0.320 e. The van der Waals surface area contributed by atoms with Gasteiger partial charge in [-0.25, -0.2) is 14.8 Å². The molecule has 1 N–H and O–H groups in total. The van der Waals surface area contributed by atoms with Crippen LogP contribution in [0.3, 0.4) is 0 Å². The zero-order chi connectivity index (χ0) is 21.4. The van der Waals surface area contributed by atoms with E-state index in [-0.39, 0.29) is 11.8 Å². The molecular weight excluding hydrogens is 390 g/mol. The molecule has 2 aliphatic heterocycles. The van der Waals surface area contributed by atoms with E-state index in [9.17, 15) is 9.90 Å². The lowest BCUT2D eigenvalue weighted by Crippen LogP contribution is -2.52. The van der Waals surface area contributed by atoms with E-state index in [1.165, 1.54) is 0 Å². The molecule has 7 heteroatoms. The van der Waals surface area contributed by atoms with Gasteiger partial charge in [-0.3, -0.25) is 0 Å². The third-order valence-corrected chi connectivity index (χ3v) is 6.20. The van der Waals surface area contributed by atoms with Crippen LogP contribution in [0, 0.1) is 6.92 Å². The van der Waals surface area contributed by atoms with Crippen molar-refractivity contribution in [2.45, 2.75) is 19.8 Å². The Kier molecular flexibility index (Phi) is 5.10. The minimum Gasteiger partial charge on any atom is -0.507 e. The molecule has 2 fully saturated rings. The van der Waals surface area contributed by atoms with E-state index >= 15 is 0 Å². The van der Waals surface area contributed by atoms with Gasteiger partial charge in [0, 0.05) is 44.7 Å². The summed E-state index contributed by atoms with van der Waals surface area (Å²) in [6, 6.07) is 13.5. The minimum atomic E-state index is 0.162. The Hall–Kier alpha value is -3.35. The summed E-state index contributed by atoms with van der Waals surface area (Å²) in [5.74, 6) is 1.54. The van der Waals surface area contributed by atoms with E-state index in [1.807, 2.05) is 28.9 Å². The fourth-order valence-electron chi connectivity index (χ4n) is 4.47. The van der Waals surface area contributed by atoms with Gasteiger partial charge in [-0.15, -0.1) is 0 Å². The fourth-order valence-corrected chi connectivity index (χ4v) is 4.47. The van der Waals surface area contributed by atoms with E-state index in [0.29, 0.717) is 24.5 Å².